The summed E-state index contributed by atoms with van der Waals surface area (Å²) in [6, 6.07) is 19.8. The molecule has 1 aliphatic rings. The third-order valence-electron chi connectivity index (χ3n) is 7.12. The van der Waals surface area contributed by atoms with Crippen LogP contribution >= 0.6 is 0 Å². The van der Waals surface area contributed by atoms with Crippen molar-refractivity contribution in [1.29, 1.82) is 0 Å². The summed E-state index contributed by atoms with van der Waals surface area (Å²) in [5.74, 6) is 0.691. The monoisotopic (exact) mass is 596 g/mol. The molecule has 1 saturated heterocycles. The highest BCUT2D eigenvalue weighted by atomic mass is 32.2. The lowest BCUT2D eigenvalue weighted by molar-refractivity contribution is 0.0843. The van der Waals surface area contributed by atoms with Crippen molar-refractivity contribution in [2.45, 2.75) is 56.8 Å². The highest BCUT2D eigenvalue weighted by Gasteiger charge is 2.29. The predicted octanol–water partition coefficient (Wildman–Crippen LogP) is 4.44. The number of hydrogen-bond donors (Lipinski definition) is 2. The molecule has 0 aliphatic carbocycles. The fraction of sp³-hybridized carbons (Fsp3) is 0.406. The molecule has 1 fully saturated rings. The summed E-state index contributed by atoms with van der Waals surface area (Å²) in [5, 5.41) is 14.1. The van der Waals surface area contributed by atoms with E-state index < -0.39 is 22.2 Å². The molecule has 2 N–H and O–H groups in total. The first-order chi connectivity index (χ1) is 20.1. The van der Waals surface area contributed by atoms with Gasteiger partial charge < -0.3 is 24.6 Å². The summed E-state index contributed by atoms with van der Waals surface area (Å²) >= 11 is 0. The summed E-state index contributed by atoms with van der Waals surface area (Å²) in [7, 11) is -2.39. The van der Waals surface area contributed by atoms with Gasteiger partial charge in [-0.3, -0.25) is 9.10 Å². The van der Waals surface area contributed by atoms with E-state index in [4.69, 9.17) is 14.2 Å². The van der Waals surface area contributed by atoms with Crippen molar-refractivity contribution in [3.8, 4) is 11.5 Å². The van der Waals surface area contributed by atoms with E-state index in [0.29, 0.717) is 41.5 Å². The van der Waals surface area contributed by atoms with Crippen LogP contribution in [0.15, 0.2) is 77.7 Å². The lowest BCUT2D eigenvalue weighted by Gasteiger charge is -2.29. The van der Waals surface area contributed by atoms with Crippen molar-refractivity contribution in [3.05, 3.63) is 83.9 Å². The molecule has 0 aromatic heterocycles. The van der Waals surface area contributed by atoms with Crippen LogP contribution < -0.4 is 19.1 Å². The first kappa shape index (κ1) is 31.3. The zero-order valence-corrected chi connectivity index (χ0v) is 25.3. The Morgan fingerprint density at radius 1 is 1.05 bits per heavy atom. The molecule has 0 radical (unpaired) electrons. The molecule has 0 unspecified atom stereocenters. The number of para-hydroxylation sites is 2. The van der Waals surface area contributed by atoms with Crippen LogP contribution in [-0.2, 0) is 21.2 Å². The molecular weight excluding hydrogens is 556 g/mol. The van der Waals surface area contributed by atoms with Gasteiger partial charge in [-0.2, -0.15) is 0 Å². The van der Waals surface area contributed by atoms with Gasteiger partial charge in [0.15, 0.2) is 0 Å². The molecule has 1 heterocycles. The van der Waals surface area contributed by atoms with Gasteiger partial charge in [0, 0.05) is 19.4 Å². The van der Waals surface area contributed by atoms with Crippen molar-refractivity contribution < 1.29 is 32.5 Å². The highest BCUT2D eigenvalue weighted by Crippen LogP contribution is 2.30. The van der Waals surface area contributed by atoms with Gasteiger partial charge in [0.05, 0.1) is 48.6 Å². The minimum Gasteiger partial charge on any atom is -0.497 e. The number of aliphatic hydroxyl groups excluding tert-OH is 1. The Morgan fingerprint density at radius 2 is 1.74 bits per heavy atom. The second-order valence-electron chi connectivity index (χ2n) is 10.9. The van der Waals surface area contributed by atoms with Crippen LogP contribution in [0.25, 0.3) is 0 Å². The molecule has 0 saturated carbocycles. The average molecular weight is 597 g/mol. The van der Waals surface area contributed by atoms with E-state index in [-0.39, 0.29) is 35.8 Å². The second kappa shape index (κ2) is 14.0. The predicted molar refractivity (Wildman–Crippen MR) is 162 cm³/mol. The lowest BCUT2D eigenvalue weighted by Crippen LogP contribution is -2.42. The van der Waals surface area contributed by atoms with Crippen LogP contribution in [0.4, 0.5) is 5.69 Å². The van der Waals surface area contributed by atoms with E-state index in [1.807, 2.05) is 19.9 Å². The number of methoxy groups -OCH3 is 1. The molecule has 1 aliphatic heterocycles. The second-order valence-corrected chi connectivity index (χ2v) is 12.7. The Hall–Kier alpha value is -3.60. The number of nitrogens with one attached hydrogen (secondary N) is 1. The molecule has 3 aromatic carbocycles. The average Bonchev–Trinajstić information content (AvgIpc) is 3.49. The van der Waals surface area contributed by atoms with Gasteiger partial charge in [0.25, 0.3) is 15.9 Å². The molecule has 226 valence electrons. The van der Waals surface area contributed by atoms with Gasteiger partial charge in [-0.05, 0) is 60.9 Å². The third-order valence-corrected chi connectivity index (χ3v) is 8.91. The topological polar surface area (TPSA) is 114 Å². The largest absolute Gasteiger partial charge is 0.497 e. The van der Waals surface area contributed by atoms with Crippen LogP contribution in [0, 0.1) is 5.92 Å². The number of ether oxygens (including phenoxy) is 3. The summed E-state index contributed by atoms with van der Waals surface area (Å²) in [4.78, 5) is 13.4. The minimum absolute atomic E-state index is 0.0345. The number of nitrogens with zero attached hydrogens (tertiary/aromatic N) is 1. The standard InChI is InChI=1S/C32H40N2O7S/c1-22(2)20-34(42(37,38)27-15-13-25(39-4)14-16-27)29-11-7-5-9-24(29)19-30(35)23(3)33-32(36)28-10-6-8-12-31(28)41-26-17-18-40-21-26/h5-16,22-23,26,30,35H,17-21H2,1-4H3,(H,33,36)/t23-,26-,30+/m0/s1. The van der Waals surface area contributed by atoms with Crippen LogP contribution in [0.2, 0.25) is 0 Å². The van der Waals surface area contributed by atoms with E-state index in [0.717, 1.165) is 6.42 Å². The van der Waals surface area contributed by atoms with Gasteiger partial charge in [-0.1, -0.05) is 44.2 Å². The first-order valence-corrected chi connectivity index (χ1v) is 15.6. The number of carbonyl (C=O) groups excluding carboxylic acids is 1. The molecule has 1 amide bonds. The van der Waals surface area contributed by atoms with Crippen LogP contribution in [0.3, 0.4) is 0 Å². The zero-order chi connectivity index (χ0) is 30.3. The molecule has 3 atom stereocenters. The minimum atomic E-state index is -3.92. The quantitative estimate of drug-likeness (QED) is 0.300. The van der Waals surface area contributed by atoms with Crippen molar-refractivity contribution in [2.24, 2.45) is 5.92 Å². The zero-order valence-electron chi connectivity index (χ0n) is 24.5. The maximum atomic E-state index is 13.8. The Labute approximate surface area is 248 Å². The number of sulfonamides is 1. The number of benzene rings is 3. The molecular formula is C32H40N2O7S. The fourth-order valence-corrected chi connectivity index (χ4v) is 6.45. The summed E-state index contributed by atoms with van der Waals surface area (Å²) < 4.78 is 45.7. The molecule has 4 rings (SSSR count). The smallest absolute Gasteiger partial charge is 0.264 e. The number of carbonyl (C=O) groups is 1. The molecule has 3 aromatic rings. The number of rotatable bonds is 13. The summed E-state index contributed by atoms with van der Waals surface area (Å²) in [5.41, 5.74) is 1.50. The Kier molecular flexibility index (Phi) is 10.5. The number of aliphatic hydroxyl groups is 1. The van der Waals surface area contributed by atoms with E-state index >= 15 is 0 Å². The van der Waals surface area contributed by atoms with E-state index in [2.05, 4.69) is 5.32 Å². The van der Waals surface area contributed by atoms with E-state index in [1.54, 1.807) is 61.5 Å². The number of anilines is 1. The van der Waals surface area contributed by atoms with Gasteiger partial charge in [-0.25, -0.2) is 8.42 Å². The fourth-order valence-electron chi connectivity index (χ4n) is 4.78. The first-order valence-electron chi connectivity index (χ1n) is 14.2. The molecule has 9 nitrogen and oxygen atoms in total. The van der Waals surface area contributed by atoms with Gasteiger partial charge >= 0.3 is 0 Å². The normalized spacial score (nSPS) is 16.6. The summed E-state index contributed by atoms with van der Waals surface area (Å²) in [6.07, 6.45) is -0.216. The molecule has 0 spiro atoms. The van der Waals surface area contributed by atoms with Crippen molar-refractivity contribution in [3.63, 3.8) is 0 Å². The Bertz CT molecular complexity index is 1440. The van der Waals surface area contributed by atoms with Gasteiger partial charge in [0.2, 0.25) is 0 Å². The lowest BCUT2D eigenvalue weighted by atomic mass is 10.0. The highest BCUT2D eigenvalue weighted by molar-refractivity contribution is 7.92. The third kappa shape index (κ3) is 7.61. The van der Waals surface area contributed by atoms with Crippen LogP contribution in [0.5, 0.6) is 11.5 Å². The molecule has 10 heteroatoms. The Balaban J connectivity index is 1.53. The van der Waals surface area contributed by atoms with Crippen molar-refractivity contribution in [1.82, 2.24) is 5.32 Å². The van der Waals surface area contributed by atoms with Crippen LogP contribution in [-0.4, -0.2) is 64.5 Å². The van der Waals surface area contributed by atoms with E-state index in [9.17, 15) is 18.3 Å². The summed E-state index contributed by atoms with van der Waals surface area (Å²) in [6.45, 7) is 6.97. The SMILES string of the molecule is COc1ccc(S(=O)(=O)N(CC(C)C)c2ccccc2C[C@@H](O)[C@H](C)NC(=O)c2ccccc2O[C@H]2CCOC2)cc1. The van der Waals surface area contributed by atoms with E-state index in [1.165, 1.54) is 23.5 Å². The number of amides is 1. The van der Waals surface area contributed by atoms with Crippen molar-refractivity contribution in [2.75, 3.05) is 31.2 Å². The molecule has 0 bridgehead atoms. The molecule has 42 heavy (non-hydrogen) atoms. The maximum absolute atomic E-state index is 13.8. The number of hydrogen-bond acceptors (Lipinski definition) is 7. The van der Waals surface area contributed by atoms with Gasteiger partial charge in [0.1, 0.15) is 17.6 Å². The Morgan fingerprint density at radius 3 is 2.40 bits per heavy atom. The van der Waals surface area contributed by atoms with Crippen molar-refractivity contribution >= 4 is 21.6 Å². The maximum Gasteiger partial charge on any atom is 0.264 e. The van der Waals surface area contributed by atoms with Crippen LogP contribution in [0.1, 0.15) is 43.1 Å². The van der Waals surface area contributed by atoms with Gasteiger partial charge in [-0.15, -0.1) is 0 Å².